The first-order chi connectivity index (χ1) is 12.4. The van der Waals surface area contributed by atoms with E-state index < -0.39 is 0 Å². The third-order valence-electron chi connectivity index (χ3n) is 3.87. The van der Waals surface area contributed by atoms with Gasteiger partial charge in [0, 0.05) is 26.2 Å². The Morgan fingerprint density at radius 2 is 1.92 bits per heavy atom. The van der Waals surface area contributed by atoms with Crippen molar-refractivity contribution in [3.8, 4) is 6.07 Å². The number of hydrogen-bond donors (Lipinski definition) is 2. The Bertz CT molecular complexity index is 842. The molecular formula is C20H22N4O2. The SMILES string of the molecule is CC(=O)Nc1cccc(C(C)NC(=O)N(C)Cc2cccc(C#N)c2)c1. The van der Waals surface area contributed by atoms with Gasteiger partial charge in [-0.3, -0.25) is 4.79 Å². The third kappa shape index (κ3) is 5.35. The molecule has 26 heavy (non-hydrogen) atoms. The van der Waals surface area contributed by atoms with E-state index in [1.165, 1.54) is 6.92 Å². The maximum absolute atomic E-state index is 12.4. The van der Waals surface area contributed by atoms with Crippen LogP contribution in [0.4, 0.5) is 10.5 Å². The Balaban J connectivity index is 1.99. The number of nitrogens with one attached hydrogen (secondary N) is 2. The van der Waals surface area contributed by atoms with Gasteiger partial charge in [-0.25, -0.2) is 4.79 Å². The first-order valence-corrected chi connectivity index (χ1v) is 8.27. The van der Waals surface area contributed by atoms with Crippen LogP contribution in [0, 0.1) is 11.3 Å². The standard InChI is InChI=1S/C20H22N4O2/c1-14(18-8-5-9-19(11-18)23-15(2)25)22-20(26)24(3)13-17-7-4-6-16(10-17)12-21/h4-11,14H,13H2,1-3H3,(H,22,26)(H,23,25). The number of anilines is 1. The molecule has 0 heterocycles. The highest BCUT2D eigenvalue weighted by atomic mass is 16.2. The quantitative estimate of drug-likeness (QED) is 0.866. The molecule has 2 aromatic rings. The van der Waals surface area contributed by atoms with Crippen molar-refractivity contribution in [3.63, 3.8) is 0 Å². The van der Waals surface area contributed by atoms with Crippen LogP contribution >= 0.6 is 0 Å². The molecule has 0 aromatic heterocycles. The Labute approximate surface area is 153 Å². The van der Waals surface area contributed by atoms with E-state index in [2.05, 4.69) is 16.7 Å². The lowest BCUT2D eigenvalue weighted by atomic mass is 10.1. The summed E-state index contributed by atoms with van der Waals surface area (Å²) in [5.41, 5.74) is 3.05. The lowest BCUT2D eigenvalue weighted by Gasteiger charge is -2.22. The topological polar surface area (TPSA) is 85.2 Å². The van der Waals surface area contributed by atoms with Gasteiger partial charge in [-0.2, -0.15) is 5.26 Å². The van der Waals surface area contributed by atoms with Crippen molar-refractivity contribution in [2.45, 2.75) is 26.4 Å². The van der Waals surface area contributed by atoms with Crippen LogP contribution < -0.4 is 10.6 Å². The van der Waals surface area contributed by atoms with Gasteiger partial charge in [0.25, 0.3) is 0 Å². The van der Waals surface area contributed by atoms with Crippen LogP contribution in [0.5, 0.6) is 0 Å². The van der Waals surface area contributed by atoms with Gasteiger partial charge in [-0.15, -0.1) is 0 Å². The second-order valence-corrected chi connectivity index (χ2v) is 6.15. The molecule has 2 rings (SSSR count). The molecule has 0 aliphatic rings. The first-order valence-electron chi connectivity index (χ1n) is 8.27. The van der Waals surface area contributed by atoms with Crippen LogP contribution in [0.25, 0.3) is 0 Å². The van der Waals surface area contributed by atoms with Crippen LogP contribution in [0.1, 0.15) is 36.6 Å². The van der Waals surface area contributed by atoms with Gasteiger partial charge >= 0.3 is 6.03 Å². The number of rotatable bonds is 5. The Morgan fingerprint density at radius 3 is 2.62 bits per heavy atom. The number of nitriles is 1. The zero-order valence-electron chi connectivity index (χ0n) is 15.1. The number of carbonyl (C=O) groups is 2. The zero-order chi connectivity index (χ0) is 19.1. The van der Waals surface area contributed by atoms with Gasteiger partial charge in [-0.1, -0.05) is 24.3 Å². The number of nitrogens with zero attached hydrogens (tertiary/aromatic N) is 2. The number of carbonyl (C=O) groups excluding carboxylic acids is 2. The molecule has 134 valence electrons. The summed E-state index contributed by atoms with van der Waals surface area (Å²) >= 11 is 0. The van der Waals surface area contributed by atoms with E-state index in [1.54, 1.807) is 36.2 Å². The van der Waals surface area contributed by atoms with Crippen LogP contribution in [0.3, 0.4) is 0 Å². The summed E-state index contributed by atoms with van der Waals surface area (Å²) in [5, 5.41) is 14.6. The van der Waals surface area contributed by atoms with E-state index in [-0.39, 0.29) is 18.0 Å². The van der Waals surface area contributed by atoms with Crippen LogP contribution in [-0.4, -0.2) is 23.9 Å². The molecule has 0 aliphatic heterocycles. The van der Waals surface area contributed by atoms with Gasteiger partial charge < -0.3 is 15.5 Å². The average molecular weight is 350 g/mol. The fourth-order valence-electron chi connectivity index (χ4n) is 2.55. The summed E-state index contributed by atoms with van der Waals surface area (Å²) in [5.74, 6) is -0.141. The minimum absolute atomic E-state index is 0.141. The summed E-state index contributed by atoms with van der Waals surface area (Å²) in [6.07, 6.45) is 0. The second-order valence-electron chi connectivity index (χ2n) is 6.15. The zero-order valence-corrected chi connectivity index (χ0v) is 15.1. The van der Waals surface area contributed by atoms with Crippen LogP contribution in [-0.2, 0) is 11.3 Å². The summed E-state index contributed by atoms with van der Waals surface area (Å²) in [7, 11) is 1.70. The number of benzene rings is 2. The van der Waals surface area contributed by atoms with Crippen molar-refractivity contribution in [2.24, 2.45) is 0 Å². The fraction of sp³-hybridized carbons (Fsp3) is 0.250. The lowest BCUT2D eigenvalue weighted by Crippen LogP contribution is -2.38. The normalized spacial score (nSPS) is 11.2. The molecule has 2 N–H and O–H groups in total. The maximum Gasteiger partial charge on any atom is 0.317 e. The molecule has 0 aliphatic carbocycles. The summed E-state index contributed by atoms with van der Waals surface area (Å²) in [6.45, 7) is 3.74. The Kier molecular flexibility index (Phi) is 6.34. The smallest absolute Gasteiger partial charge is 0.317 e. The Morgan fingerprint density at radius 1 is 1.19 bits per heavy atom. The summed E-state index contributed by atoms with van der Waals surface area (Å²) < 4.78 is 0. The Hall–Kier alpha value is -3.33. The van der Waals surface area contributed by atoms with E-state index in [1.807, 2.05) is 31.2 Å². The molecule has 0 spiro atoms. The number of hydrogen-bond acceptors (Lipinski definition) is 3. The van der Waals surface area contributed by atoms with Gasteiger partial charge in [0.05, 0.1) is 17.7 Å². The first kappa shape index (κ1) is 19.0. The van der Waals surface area contributed by atoms with Crippen LogP contribution in [0.15, 0.2) is 48.5 Å². The predicted octanol–water partition coefficient (Wildman–Crippen LogP) is 3.42. The van der Waals surface area contributed by atoms with Crippen molar-refractivity contribution in [1.29, 1.82) is 5.26 Å². The van der Waals surface area contributed by atoms with Gasteiger partial charge in [0.1, 0.15) is 0 Å². The molecule has 0 saturated carbocycles. The predicted molar refractivity (Wildman–Crippen MR) is 100 cm³/mol. The minimum atomic E-state index is -0.218. The van der Waals surface area contributed by atoms with Gasteiger partial charge in [-0.05, 0) is 42.3 Å². The highest BCUT2D eigenvalue weighted by Crippen LogP contribution is 2.18. The molecule has 0 fully saturated rings. The highest BCUT2D eigenvalue weighted by Gasteiger charge is 2.14. The molecule has 0 bridgehead atoms. The van der Waals surface area contributed by atoms with Gasteiger partial charge in [0.15, 0.2) is 0 Å². The third-order valence-corrected chi connectivity index (χ3v) is 3.87. The van der Waals surface area contributed by atoms with E-state index in [0.717, 1.165) is 11.1 Å². The second kappa shape index (κ2) is 8.67. The van der Waals surface area contributed by atoms with Crippen LogP contribution in [0.2, 0.25) is 0 Å². The van der Waals surface area contributed by atoms with E-state index >= 15 is 0 Å². The maximum atomic E-state index is 12.4. The van der Waals surface area contributed by atoms with Crippen molar-refractivity contribution >= 4 is 17.6 Å². The average Bonchev–Trinajstić information content (AvgIpc) is 2.61. The van der Waals surface area contributed by atoms with Crippen molar-refractivity contribution in [1.82, 2.24) is 10.2 Å². The largest absolute Gasteiger partial charge is 0.331 e. The molecule has 3 amide bonds. The highest BCUT2D eigenvalue weighted by molar-refractivity contribution is 5.88. The fourth-order valence-corrected chi connectivity index (χ4v) is 2.55. The van der Waals surface area contributed by atoms with Gasteiger partial charge in [0.2, 0.25) is 5.91 Å². The van der Waals surface area contributed by atoms with Crippen molar-refractivity contribution < 1.29 is 9.59 Å². The molecule has 6 nitrogen and oxygen atoms in total. The van der Waals surface area contributed by atoms with E-state index in [4.69, 9.17) is 5.26 Å². The molecule has 2 aromatic carbocycles. The molecular weight excluding hydrogens is 328 g/mol. The minimum Gasteiger partial charge on any atom is -0.331 e. The summed E-state index contributed by atoms with van der Waals surface area (Å²) in [4.78, 5) is 25.2. The molecule has 1 atom stereocenters. The van der Waals surface area contributed by atoms with Crippen molar-refractivity contribution in [2.75, 3.05) is 12.4 Å². The number of urea groups is 1. The van der Waals surface area contributed by atoms with E-state index in [9.17, 15) is 9.59 Å². The molecule has 0 radical (unpaired) electrons. The van der Waals surface area contributed by atoms with Crippen molar-refractivity contribution in [3.05, 3.63) is 65.2 Å². The summed E-state index contributed by atoms with van der Waals surface area (Å²) in [6, 6.07) is 16.2. The lowest BCUT2D eigenvalue weighted by molar-refractivity contribution is -0.114. The molecule has 1 unspecified atom stereocenters. The number of amides is 3. The molecule has 0 saturated heterocycles. The molecule has 6 heteroatoms. The van der Waals surface area contributed by atoms with E-state index in [0.29, 0.717) is 17.8 Å². The monoisotopic (exact) mass is 350 g/mol.